The second kappa shape index (κ2) is 10.7. The summed E-state index contributed by atoms with van der Waals surface area (Å²) in [5, 5.41) is 8.90. The smallest absolute Gasteiger partial charge is 0.314 e. The zero-order chi connectivity index (χ0) is 17.9. The van der Waals surface area contributed by atoms with E-state index in [9.17, 15) is 9.59 Å². The number of rotatable bonds is 8. The summed E-state index contributed by atoms with van der Waals surface area (Å²) < 4.78 is 0. The number of amides is 3. The predicted molar refractivity (Wildman–Crippen MR) is 100 cm³/mol. The van der Waals surface area contributed by atoms with Crippen LogP contribution in [0.25, 0.3) is 0 Å². The summed E-state index contributed by atoms with van der Waals surface area (Å²) in [5.41, 5.74) is 1.23. The highest BCUT2D eigenvalue weighted by Gasteiger charge is 2.21. The highest BCUT2D eigenvalue weighted by Crippen LogP contribution is 2.27. The van der Waals surface area contributed by atoms with Gasteiger partial charge >= 0.3 is 6.03 Å². The van der Waals surface area contributed by atoms with Gasteiger partial charge in [-0.05, 0) is 49.5 Å². The molecule has 0 bridgehead atoms. The molecule has 0 unspecified atom stereocenters. The van der Waals surface area contributed by atoms with E-state index in [4.69, 9.17) is 0 Å². The highest BCUT2D eigenvalue weighted by molar-refractivity contribution is 5.75. The Balaban J connectivity index is 1.53. The largest absolute Gasteiger partial charge is 0.356 e. The molecule has 5 nitrogen and oxygen atoms in total. The molecular weight excluding hydrogens is 314 g/mol. The maximum atomic E-state index is 11.9. The normalized spacial score (nSPS) is 19.9. The van der Waals surface area contributed by atoms with E-state index >= 15 is 0 Å². The van der Waals surface area contributed by atoms with E-state index in [0.717, 1.165) is 45.2 Å². The van der Waals surface area contributed by atoms with Gasteiger partial charge in [0.15, 0.2) is 0 Å². The van der Waals surface area contributed by atoms with Crippen LogP contribution in [-0.2, 0) is 11.2 Å². The molecule has 0 atom stereocenters. The number of carbonyl (C=O) groups excluding carboxylic acids is 2. The third-order valence-electron chi connectivity index (χ3n) is 4.97. The number of hydrogen-bond acceptors (Lipinski definition) is 2. The summed E-state index contributed by atoms with van der Waals surface area (Å²) in [5.74, 6) is 1.28. The number of hydrogen-bond donors (Lipinski definition) is 3. The molecule has 0 aromatic heterocycles. The van der Waals surface area contributed by atoms with Crippen molar-refractivity contribution in [2.45, 2.75) is 45.4 Å². The lowest BCUT2D eigenvalue weighted by molar-refractivity contribution is -0.121. The van der Waals surface area contributed by atoms with Crippen LogP contribution in [0.2, 0.25) is 0 Å². The van der Waals surface area contributed by atoms with E-state index in [1.165, 1.54) is 5.56 Å². The first-order valence-electron chi connectivity index (χ1n) is 9.49. The second-order valence-corrected chi connectivity index (χ2v) is 6.92. The van der Waals surface area contributed by atoms with Crippen molar-refractivity contribution in [2.75, 3.05) is 19.6 Å². The molecule has 0 aliphatic heterocycles. The molecule has 1 aliphatic rings. The van der Waals surface area contributed by atoms with Gasteiger partial charge in [-0.3, -0.25) is 4.79 Å². The minimum Gasteiger partial charge on any atom is -0.356 e. The molecule has 1 fully saturated rings. The molecule has 0 heterocycles. The molecule has 138 valence electrons. The van der Waals surface area contributed by atoms with Crippen LogP contribution < -0.4 is 16.0 Å². The molecule has 1 aliphatic carbocycles. The molecule has 1 saturated carbocycles. The summed E-state index contributed by atoms with van der Waals surface area (Å²) in [6.07, 6.45) is 5.91. The number of benzene rings is 1. The van der Waals surface area contributed by atoms with Crippen molar-refractivity contribution in [3.8, 4) is 0 Å². The third-order valence-corrected chi connectivity index (χ3v) is 4.97. The summed E-state index contributed by atoms with van der Waals surface area (Å²) in [6.45, 7) is 4.07. The van der Waals surface area contributed by atoms with Gasteiger partial charge in [-0.25, -0.2) is 4.79 Å². The minimum atomic E-state index is -0.0757. The summed E-state index contributed by atoms with van der Waals surface area (Å²) in [6, 6.07) is 10.1. The van der Waals surface area contributed by atoms with Crippen LogP contribution in [0.15, 0.2) is 30.3 Å². The lowest BCUT2D eigenvalue weighted by Crippen LogP contribution is -2.40. The summed E-state index contributed by atoms with van der Waals surface area (Å²) in [7, 11) is 0. The summed E-state index contributed by atoms with van der Waals surface area (Å²) in [4.78, 5) is 23.2. The van der Waals surface area contributed by atoms with E-state index in [1.54, 1.807) is 0 Å². The Kier molecular flexibility index (Phi) is 8.29. The van der Waals surface area contributed by atoms with Crippen LogP contribution in [0.1, 0.15) is 44.6 Å². The van der Waals surface area contributed by atoms with Crippen LogP contribution in [-0.4, -0.2) is 31.6 Å². The van der Waals surface area contributed by atoms with Crippen molar-refractivity contribution in [3.05, 3.63) is 35.9 Å². The molecule has 1 aromatic carbocycles. The Morgan fingerprint density at radius 3 is 2.12 bits per heavy atom. The topological polar surface area (TPSA) is 70.2 Å². The Morgan fingerprint density at radius 2 is 1.52 bits per heavy atom. The molecule has 3 amide bonds. The predicted octanol–water partition coefficient (Wildman–Crippen LogP) is 2.86. The quantitative estimate of drug-likeness (QED) is 0.678. The molecule has 0 spiro atoms. The van der Waals surface area contributed by atoms with Gasteiger partial charge in [0.05, 0.1) is 0 Å². The van der Waals surface area contributed by atoms with E-state index in [0.29, 0.717) is 24.8 Å². The van der Waals surface area contributed by atoms with Crippen LogP contribution in [0.4, 0.5) is 4.79 Å². The van der Waals surface area contributed by atoms with E-state index < -0.39 is 0 Å². The molecule has 3 N–H and O–H groups in total. The van der Waals surface area contributed by atoms with Crippen molar-refractivity contribution in [1.29, 1.82) is 0 Å². The van der Waals surface area contributed by atoms with Crippen LogP contribution in [0.5, 0.6) is 0 Å². The first kappa shape index (κ1) is 19.3. The van der Waals surface area contributed by atoms with Gasteiger partial charge in [-0.15, -0.1) is 0 Å². The molecule has 25 heavy (non-hydrogen) atoms. The van der Waals surface area contributed by atoms with Crippen molar-refractivity contribution < 1.29 is 9.59 Å². The number of nitrogens with one attached hydrogen (secondary N) is 3. The van der Waals surface area contributed by atoms with E-state index in [2.05, 4.69) is 28.1 Å². The average molecular weight is 345 g/mol. The Labute approximate surface area is 151 Å². The van der Waals surface area contributed by atoms with Crippen molar-refractivity contribution in [3.63, 3.8) is 0 Å². The van der Waals surface area contributed by atoms with Gasteiger partial charge in [-0.2, -0.15) is 0 Å². The van der Waals surface area contributed by atoms with Crippen LogP contribution in [0.3, 0.4) is 0 Å². The Morgan fingerprint density at radius 1 is 0.920 bits per heavy atom. The maximum absolute atomic E-state index is 11.9. The van der Waals surface area contributed by atoms with Gasteiger partial charge in [0.25, 0.3) is 0 Å². The van der Waals surface area contributed by atoms with Gasteiger partial charge < -0.3 is 16.0 Å². The van der Waals surface area contributed by atoms with Crippen molar-refractivity contribution in [2.24, 2.45) is 11.8 Å². The number of carbonyl (C=O) groups is 2. The van der Waals surface area contributed by atoms with Crippen molar-refractivity contribution in [1.82, 2.24) is 16.0 Å². The summed E-state index contributed by atoms with van der Waals surface area (Å²) >= 11 is 0. The molecular formula is C20H31N3O2. The Bertz CT molecular complexity index is 525. The fraction of sp³-hybridized carbons (Fsp3) is 0.600. The number of urea groups is 1. The standard InChI is InChI=1S/C20H31N3O2/c1-2-19(24)22-14-17-8-10-18(11-9-17)15-23-20(25)21-13-12-16-6-4-3-5-7-16/h3-7,17-18H,2,8-15H2,1H3,(H,22,24)(H2,21,23,25). The zero-order valence-corrected chi connectivity index (χ0v) is 15.2. The fourth-order valence-corrected chi connectivity index (χ4v) is 3.29. The lowest BCUT2D eigenvalue weighted by atomic mass is 9.82. The molecule has 2 rings (SSSR count). The van der Waals surface area contributed by atoms with Gasteiger partial charge in [0.1, 0.15) is 0 Å². The maximum Gasteiger partial charge on any atom is 0.314 e. The van der Waals surface area contributed by atoms with Crippen LogP contribution in [0, 0.1) is 11.8 Å². The van der Waals surface area contributed by atoms with E-state index in [1.807, 2.05) is 25.1 Å². The van der Waals surface area contributed by atoms with Gasteiger partial charge in [0.2, 0.25) is 5.91 Å². The Hall–Kier alpha value is -2.04. The first-order valence-corrected chi connectivity index (χ1v) is 9.49. The van der Waals surface area contributed by atoms with E-state index in [-0.39, 0.29) is 11.9 Å². The SMILES string of the molecule is CCC(=O)NCC1CCC(CNC(=O)NCCc2ccccc2)CC1. The lowest BCUT2D eigenvalue weighted by Gasteiger charge is -2.28. The first-order chi connectivity index (χ1) is 12.2. The van der Waals surface area contributed by atoms with Gasteiger partial charge in [-0.1, -0.05) is 37.3 Å². The third kappa shape index (κ3) is 7.59. The molecule has 1 aromatic rings. The van der Waals surface area contributed by atoms with Crippen LogP contribution >= 0.6 is 0 Å². The molecule has 0 saturated heterocycles. The van der Waals surface area contributed by atoms with Crippen molar-refractivity contribution >= 4 is 11.9 Å². The van der Waals surface area contributed by atoms with Gasteiger partial charge in [0, 0.05) is 26.1 Å². The monoisotopic (exact) mass is 345 g/mol. The minimum absolute atomic E-state index is 0.0757. The average Bonchev–Trinajstić information content (AvgIpc) is 2.66. The molecule has 5 heteroatoms. The fourth-order valence-electron chi connectivity index (χ4n) is 3.29. The zero-order valence-electron chi connectivity index (χ0n) is 15.2. The molecule has 0 radical (unpaired) electrons. The second-order valence-electron chi connectivity index (χ2n) is 6.92. The highest BCUT2D eigenvalue weighted by atomic mass is 16.2.